The van der Waals surface area contributed by atoms with Crippen LogP contribution in [0.15, 0.2) is 115 Å². The molecule has 28 heavy (non-hydrogen) atoms. The molecule has 0 saturated carbocycles. The standard InChI is InChI=1S/C25H22FP.ClH/c1-27(22-11-5-2-6-12-22,23-13-7-3-8-14-23,24-15-9-4-10-16-24)25-19-17-21(26)18-20-25;/h2-20H,1H3;1H. The number of rotatable bonds is 4. The largest absolute Gasteiger partial charge is 0.147 e. The van der Waals surface area contributed by atoms with Gasteiger partial charge < -0.3 is 0 Å². The molecule has 0 spiro atoms. The summed E-state index contributed by atoms with van der Waals surface area (Å²) in [5, 5.41) is 4.97. The van der Waals surface area contributed by atoms with Crippen LogP contribution < -0.4 is 21.2 Å². The van der Waals surface area contributed by atoms with Crippen LogP contribution in [0.4, 0.5) is 4.39 Å². The third-order valence-electron chi connectivity index (χ3n) is 5.68. The predicted molar refractivity (Wildman–Crippen MR) is 124 cm³/mol. The van der Waals surface area contributed by atoms with E-state index in [9.17, 15) is 4.39 Å². The van der Waals surface area contributed by atoms with E-state index < -0.39 is 6.60 Å². The minimum Gasteiger partial charge on any atom is -0.147 e. The van der Waals surface area contributed by atoms with Gasteiger partial charge in [-0.2, -0.15) is 0 Å². The van der Waals surface area contributed by atoms with Crippen molar-refractivity contribution in [3.8, 4) is 0 Å². The van der Waals surface area contributed by atoms with Gasteiger partial charge in [0.1, 0.15) is 0 Å². The molecule has 0 atom stereocenters. The monoisotopic (exact) mass is 408 g/mol. The van der Waals surface area contributed by atoms with Crippen LogP contribution in [-0.2, 0) is 0 Å². The molecule has 142 valence electrons. The molecule has 0 amide bonds. The second kappa shape index (κ2) is 7.87. The van der Waals surface area contributed by atoms with Gasteiger partial charge in [-0.15, -0.1) is 12.4 Å². The van der Waals surface area contributed by atoms with Crippen LogP contribution in [0.2, 0.25) is 0 Å². The van der Waals surface area contributed by atoms with Crippen molar-refractivity contribution in [3.63, 3.8) is 0 Å². The Kier molecular flexibility index (Phi) is 5.70. The van der Waals surface area contributed by atoms with Crippen LogP contribution >= 0.6 is 19.0 Å². The van der Waals surface area contributed by atoms with Gasteiger partial charge in [0, 0.05) is 0 Å². The first-order chi connectivity index (χ1) is 13.1. The van der Waals surface area contributed by atoms with Crippen LogP contribution in [0.5, 0.6) is 0 Å². The molecule has 0 saturated heterocycles. The van der Waals surface area contributed by atoms with Gasteiger partial charge in [-0.05, 0) is 0 Å². The van der Waals surface area contributed by atoms with E-state index in [0.717, 1.165) is 5.30 Å². The minimum absolute atomic E-state index is 0. The minimum atomic E-state index is -3.01. The molecule has 0 N–H and O–H groups in total. The van der Waals surface area contributed by atoms with E-state index in [0.29, 0.717) is 0 Å². The first kappa shape index (κ1) is 20.3. The van der Waals surface area contributed by atoms with Gasteiger partial charge in [-0.1, -0.05) is 0 Å². The van der Waals surface area contributed by atoms with Gasteiger partial charge in [-0.25, -0.2) is 0 Å². The summed E-state index contributed by atoms with van der Waals surface area (Å²) in [6.45, 7) is -0.633. The zero-order valence-electron chi connectivity index (χ0n) is 15.7. The Bertz CT molecular complexity index is 933. The Hall–Kier alpha value is -2.47. The zero-order valence-corrected chi connectivity index (χ0v) is 17.4. The van der Waals surface area contributed by atoms with Gasteiger partial charge >= 0.3 is 160 Å². The second-order valence-corrected chi connectivity index (χ2v) is 12.2. The van der Waals surface area contributed by atoms with E-state index in [1.165, 1.54) is 15.9 Å². The van der Waals surface area contributed by atoms with Gasteiger partial charge in [0.2, 0.25) is 0 Å². The van der Waals surface area contributed by atoms with E-state index in [-0.39, 0.29) is 18.2 Å². The summed E-state index contributed by atoms with van der Waals surface area (Å²) in [4.78, 5) is 0. The number of benzene rings is 4. The van der Waals surface area contributed by atoms with E-state index in [1.807, 2.05) is 30.3 Å². The van der Waals surface area contributed by atoms with E-state index >= 15 is 0 Å². The molecule has 4 aromatic carbocycles. The Morgan fingerprint density at radius 1 is 0.464 bits per heavy atom. The maximum absolute atomic E-state index is 13.8. The molecule has 0 radical (unpaired) electrons. The van der Waals surface area contributed by atoms with Gasteiger partial charge in [0.05, 0.1) is 0 Å². The fourth-order valence-electron chi connectivity index (χ4n) is 4.11. The van der Waals surface area contributed by atoms with Crippen LogP contribution in [0, 0.1) is 5.82 Å². The Balaban J connectivity index is 0.00000225. The van der Waals surface area contributed by atoms with Crippen molar-refractivity contribution in [2.24, 2.45) is 0 Å². The van der Waals surface area contributed by atoms with Crippen molar-refractivity contribution < 1.29 is 4.39 Å². The summed E-state index contributed by atoms with van der Waals surface area (Å²) < 4.78 is 13.8. The molecule has 0 bridgehead atoms. The van der Waals surface area contributed by atoms with Crippen LogP contribution in [0.3, 0.4) is 0 Å². The maximum atomic E-state index is 13.8. The molecule has 0 fully saturated rings. The Morgan fingerprint density at radius 2 is 0.750 bits per heavy atom. The van der Waals surface area contributed by atoms with Crippen molar-refractivity contribution in [2.45, 2.75) is 0 Å². The summed E-state index contributed by atoms with van der Waals surface area (Å²) in [6, 6.07) is 39.0. The summed E-state index contributed by atoms with van der Waals surface area (Å²) in [5.41, 5.74) is 0. The second-order valence-electron chi connectivity index (χ2n) is 7.05. The van der Waals surface area contributed by atoms with Crippen molar-refractivity contribution in [2.75, 3.05) is 6.66 Å². The molecule has 4 aromatic rings. The molecule has 0 aliphatic rings. The van der Waals surface area contributed by atoms with E-state index in [2.05, 4.69) is 79.5 Å². The normalized spacial score (nSPS) is 12.4. The first-order valence-electron chi connectivity index (χ1n) is 9.08. The molecular weight excluding hydrogens is 386 g/mol. The average Bonchev–Trinajstić information content (AvgIpc) is 2.76. The van der Waals surface area contributed by atoms with E-state index in [4.69, 9.17) is 0 Å². The van der Waals surface area contributed by atoms with Crippen LogP contribution in [-0.4, -0.2) is 6.66 Å². The number of hydrogen-bond acceptors (Lipinski definition) is 0. The molecule has 0 aliphatic heterocycles. The Morgan fingerprint density at radius 3 is 1.07 bits per heavy atom. The average molecular weight is 409 g/mol. The predicted octanol–water partition coefficient (Wildman–Crippen LogP) is 5.03. The molecule has 0 aromatic heterocycles. The zero-order chi connectivity index (χ0) is 18.8. The van der Waals surface area contributed by atoms with Crippen LogP contribution in [0.25, 0.3) is 0 Å². The summed E-state index contributed by atoms with van der Waals surface area (Å²) in [6.07, 6.45) is 0. The third-order valence-corrected chi connectivity index (χ3v) is 12.0. The maximum Gasteiger partial charge on any atom is -0.147 e. The fourth-order valence-corrected chi connectivity index (χ4v) is 9.55. The summed E-state index contributed by atoms with van der Waals surface area (Å²) in [7, 11) is 0. The molecule has 3 heteroatoms. The molecule has 0 unspecified atom stereocenters. The molecule has 4 rings (SSSR count). The SMILES string of the molecule is CP(c1ccccc1)(c1ccccc1)(c1ccccc1)c1ccc(F)cc1.Cl. The topological polar surface area (TPSA) is 0 Å². The van der Waals surface area contributed by atoms with Crippen molar-refractivity contribution in [3.05, 3.63) is 121 Å². The smallest absolute Gasteiger partial charge is 0.147 e. The number of halogens is 2. The molecule has 0 nitrogen and oxygen atoms in total. The van der Waals surface area contributed by atoms with Gasteiger partial charge in [0.15, 0.2) is 0 Å². The number of hydrogen-bond donors (Lipinski definition) is 0. The first-order valence-corrected chi connectivity index (χ1v) is 11.8. The van der Waals surface area contributed by atoms with Crippen molar-refractivity contribution >= 4 is 40.2 Å². The molecular formula is C25H23ClFP. The van der Waals surface area contributed by atoms with Crippen molar-refractivity contribution in [1.82, 2.24) is 0 Å². The van der Waals surface area contributed by atoms with Gasteiger partial charge in [0.25, 0.3) is 0 Å². The van der Waals surface area contributed by atoms with Gasteiger partial charge in [-0.3, -0.25) is 0 Å². The fraction of sp³-hybridized carbons (Fsp3) is 0.0400. The Labute approximate surface area is 172 Å². The molecule has 0 heterocycles. The summed E-state index contributed by atoms with van der Waals surface area (Å²) >= 11 is 0. The third kappa shape index (κ3) is 2.96. The van der Waals surface area contributed by atoms with Crippen LogP contribution in [0.1, 0.15) is 0 Å². The molecule has 0 aliphatic carbocycles. The quantitative estimate of drug-likeness (QED) is 0.415. The van der Waals surface area contributed by atoms with E-state index in [1.54, 1.807) is 12.1 Å². The summed E-state index contributed by atoms with van der Waals surface area (Å²) in [5.74, 6) is -0.210. The van der Waals surface area contributed by atoms with Crippen molar-refractivity contribution in [1.29, 1.82) is 0 Å².